The lowest BCUT2D eigenvalue weighted by Gasteiger charge is -2.33. The van der Waals surface area contributed by atoms with Gasteiger partial charge in [-0.2, -0.15) is 0 Å². The molecule has 1 atom stereocenters. The Hall–Kier alpha value is -0.660. The van der Waals surface area contributed by atoms with Crippen LogP contribution in [-0.4, -0.2) is 63.1 Å². The molecule has 1 aliphatic rings. The zero-order valence-corrected chi connectivity index (χ0v) is 12.5. The van der Waals surface area contributed by atoms with Gasteiger partial charge < -0.3 is 15.4 Å². The van der Waals surface area contributed by atoms with Crippen LogP contribution in [0.15, 0.2) is 0 Å². The summed E-state index contributed by atoms with van der Waals surface area (Å²) >= 11 is 0. The molecule has 6 nitrogen and oxygen atoms in total. The normalized spacial score (nSPS) is 19.4. The number of rotatable bonds is 6. The summed E-state index contributed by atoms with van der Waals surface area (Å²) in [5.41, 5.74) is 5.76. The summed E-state index contributed by atoms with van der Waals surface area (Å²) in [6.07, 6.45) is 3.19. The van der Waals surface area contributed by atoms with E-state index in [1.54, 1.807) is 4.90 Å². The van der Waals surface area contributed by atoms with Crippen LogP contribution in [0.2, 0.25) is 0 Å². The molecule has 1 unspecified atom stereocenters. The Morgan fingerprint density at radius 2 is 2.00 bits per heavy atom. The van der Waals surface area contributed by atoms with Crippen LogP contribution in [0.5, 0.6) is 0 Å². The van der Waals surface area contributed by atoms with Crippen molar-refractivity contribution in [3.8, 4) is 0 Å². The summed E-state index contributed by atoms with van der Waals surface area (Å²) in [6, 6.07) is -0.724. The molecule has 19 heavy (non-hydrogen) atoms. The van der Waals surface area contributed by atoms with Crippen molar-refractivity contribution in [1.29, 1.82) is 0 Å². The lowest BCUT2D eigenvalue weighted by molar-refractivity contribution is -0.135. The maximum Gasteiger partial charge on any atom is 0.239 e. The minimum absolute atomic E-state index is 0.0463. The molecular formula is C12H24N2O4S. The van der Waals surface area contributed by atoms with Crippen LogP contribution in [0.25, 0.3) is 0 Å². The van der Waals surface area contributed by atoms with E-state index in [0.717, 1.165) is 19.1 Å². The van der Waals surface area contributed by atoms with Gasteiger partial charge in [-0.1, -0.05) is 0 Å². The average Bonchev–Trinajstić information content (AvgIpc) is 2.35. The molecule has 1 saturated heterocycles. The molecular weight excluding hydrogens is 268 g/mol. The molecule has 1 fully saturated rings. The standard InChI is InChI=1S/C12H24N2O4S/c1-3-18-10-4-7-14(8-5-10)12(15)11(13)6-9-19(2,16)17/h10-11H,3-9,13H2,1-2H3. The summed E-state index contributed by atoms with van der Waals surface area (Å²) in [6.45, 7) is 3.91. The molecule has 0 aliphatic carbocycles. The minimum atomic E-state index is -3.07. The predicted octanol–water partition coefficient (Wildman–Crippen LogP) is -0.224. The third kappa shape index (κ3) is 5.88. The van der Waals surface area contributed by atoms with Crippen LogP contribution in [0.3, 0.4) is 0 Å². The number of carbonyl (C=O) groups is 1. The second kappa shape index (κ2) is 7.21. The van der Waals surface area contributed by atoms with Crippen LogP contribution in [0, 0.1) is 0 Å². The second-order valence-corrected chi connectivity index (χ2v) is 7.26. The highest BCUT2D eigenvalue weighted by atomic mass is 32.2. The minimum Gasteiger partial charge on any atom is -0.378 e. The number of nitrogens with zero attached hydrogens (tertiary/aromatic N) is 1. The molecule has 112 valence electrons. The summed E-state index contributed by atoms with van der Waals surface area (Å²) in [5, 5.41) is 0. The first-order chi connectivity index (χ1) is 8.83. The van der Waals surface area contributed by atoms with Gasteiger partial charge in [-0.3, -0.25) is 4.79 Å². The van der Waals surface area contributed by atoms with E-state index in [0.29, 0.717) is 19.7 Å². The topological polar surface area (TPSA) is 89.7 Å². The van der Waals surface area contributed by atoms with Gasteiger partial charge in [0.05, 0.1) is 17.9 Å². The molecule has 0 aromatic carbocycles. The fraction of sp³-hybridized carbons (Fsp3) is 0.917. The molecule has 0 aromatic heterocycles. The lowest BCUT2D eigenvalue weighted by Crippen LogP contribution is -2.48. The van der Waals surface area contributed by atoms with E-state index in [1.165, 1.54) is 0 Å². The molecule has 1 aliphatic heterocycles. The monoisotopic (exact) mass is 292 g/mol. The van der Waals surface area contributed by atoms with E-state index in [1.807, 2.05) is 6.92 Å². The van der Waals surface area contributed by atoms with Gasteiger partial charge in [0.2, 0.25) is 5.91 Å². The molecule has 2 N–H and O–H groups in total. The van der Waals surface area contributed by atoms with Gasteiger partial charge >= 0.3 is 0 Å². The van der Waals surface area contributed by atoms with Gasteiger partial charge in [-0.05, 0) is 26.2 Å². The van der Waals surface area contributed by atoms with E-state index < -0.39 is 15.9 Å². The smallest absolute Gasteiger partial charge is 0.239 e. The molecule has 1 amide bonds. The Balaban J connectivity index is 2.38. The number of hydrogen-bond acceptors (Lipinski definition) is 5. The first kappa shape index (κ1) is 16.4. The molecule has 0 bridgehead atoms. The van der Waals surface area contributed by atoms with Crippen LogP contribution in [0.1, 0.15) is 26.2 Å². The molecule has 0 radical (unpaired) electrons. The number of nitrogens with two attached hydrogens (primary N) is 1. The molecule has 0 saturated carbocycles. The third-order valence-corrected chi connectivity index (χ3v) is 4.25. The van der Waals surface area contributed by atoms with Crippen molar-refractivity contribution in [2.24, 2.45) is 5.73 Å². The summed E-state index contributed by atoms with van der Waals surface area (Å²) < 4.78 is 27.6. The van der Waals surface area contributed by atoms with E-state index in [2.05, 4.69) is 0 Å². The SMILES string of the molecule is CCOC1CCN(C(=O)C(N)CCS(C)(=O)=O)CC1. The highest BCUT2D eigenvalue weighted by Crippen LogP contribution is 2.14. The Kier molecular flexibility index (Phi) is 6.22. The van der Waals surface area contributed by atoms with Gasteiger partial charge in [0.25, 0.3) is 0 Å². The van der Waals surface area contributed by atoms with Crippen LogP contribution in [-0.2, 0) is 19.4 Å². The summed E-state index contributed by atoms with van der Waals surface area (Å²) in [5.74, 6) is -0.200. The number of piperidine rings is 1. The first-order valence-electron chi connectivity index (χ1n) is 6.67. The van der Waals surface area contributed by atoms with Crippen molar-refractivity contribution >= 4 is 15.7 Å². The maximum absolute atomic E-state index is 12.0. The molecule has 1 heterocycles. The van der Waals surface area contributed by atoms with Crippen LogP contribution < -0.4 is 5.73 Å². The number of likely N-dealkylation sites (tertiary alicyclic amines) is 1. The summed E-state index contributed by atoms with van der Waals surface area (Å²) in [4.78, 5) is 13.8. The highest BCUT2D eigenvalue weighted by Gasteiger charge is 2.26. The number of sulfone groups is 1. The Bertz CT molecular complexity index is 389. The van der Waals surface area contributed by atoms with Gasteiger partial charge in [0.1, 0.15) is 9.84 Å². The second-order valence-electron chi connectivity index (χ2n) is 5.01. The molecule has 0 spiro atoms. The fourth-order valence-corrected chi connectivity index (χ4v) is 2.86. The largest absolute Gasteiger partial charge is 0.378 e. The van der Waals surface area contributed by atoms with E-state index >= 15 is 0 Å². The number of carbonyl (C=O) groups excluding carboxylic acids is 1. The Morgan fingerprint density at radius 1 is 1.42 bits per heavy atom. The van der Waals surface area contributed by atoms with Gasteiger partial charge in [-0.15, -0.1) is 0 Å². The van der Waals surface area contributed by atoms with Gasteiger partial charge in [-0.25, -0.2) is 8.42 Å². The van der Waals surface area contributed by atoms with Crippen molar-refractivity contribution in [3.05, 3.63) is 0 Å². The van der Waals surface area contributed by atoms with Crippen molar-refractivity contribution in [2.75, 3.05) is 31.7 Å². The fourth-order valence-electron chi connectivity index (χ4n) is 2.18. The molecule has 1 rings (SSSR count). The van der Waals surface area contributed by atoms with Crippen molar-refractivity contribution in [3.63, 3.8) is 0 Å². The van der Waals surface area contributed by atoms with Crippen LogP contribution in [0.4, 0.5) is 0 Å². The molecule has 0 aromatic rings. The van der Waals surface area contributed by atoms with E-state index in [4.69, 9.17) is 10.5 Å². The van der Waals surface area contributed by atoms with E-state index in [9.17, 15) is 13.2 Å². The zero-order chi connectivity index (χ0) is 14.5. The van der Waals surface area contributed by atoms with E-state index in [-0.39, 0.29) is 24.2 Å². The van der Waals surface area contributed by atoms with Crippen molar-refractivity contribution in [1.82, 2.24) is 4.90 Å². The highest BCUT2D eigenvalue weighted by molar-refractivity contribution is 7.90. The van der Waals surface area contributed by atoms with Crippen LogP contribution >= 0.6 is 0 Å². The Labute approximate surface area is 115 Å². The Morgan fingerprint density at radius 3 is 2.47 bits per heavy atom. The summed E-state index contributed by atoms with van der Waals surface area (Å²) in [7, 11) is -3.07. The van der Waals surface area contributed by atoms with Gasteiger partial charge in [0.15, 0.2) is 0 Å². The average molecular weight is 292 g/mol. The molecule has 7 heteroatoms. The van der Waals surface area contributed by atoms with Crippen molar-refractivity contribution in [2.45, 2.75) is 38.3 Å². The van der Waals surface area contributed by atoms with Gasteiger partial charge in [0, 0.05) is 26.0 Å². The first-order valence-corrected chi connectivity index (χ1v) is 8.73. The quantitative estimate of drug-likeness (QED) is 0.731. The third-order valence-electron chi connectivity index (χ3n) is 3.27. The zero-order valence-electron chi connectivity index (χ0n) is 11.7. The number of amides is 1. The number of ether oxygens (including phenoxy) is 1. The lowest BCUT2D eigenvalue weighted by atomic mass is 10.1. The maximum atomic E-state index is 12.0. The van der Waals surface area contributed by atoms with Crippen molar-refractivity contribution < 1.29 is 17.9 Å². The number of hydrogen-bond donors (Lipinski definition) is 1. The predicted molar refractivity (Wildman–Crippen MR) is 73.5 cm³/mol.